The van der Waals surface area contributed by atoms with Crippen molar-refractivity contribution in [3.8, 4) is 11.8 Å². The van der Waals surface area contributed by atoms with Crippen LogP contribution in [0.1, 0.15) is 5.56 Å². The lowest BCUT2D eigenvalue weighted by molar-refractivity contribution is 0.106. The fraction of sp³-hybridized carbons (Fsp3) is 0.385. The van der Waals surface area contributed by atoms with Crippen molar-refractivity contribution in [2.75, 3.05) is 26.2 Å². The highest BCUT2D eigenvalue weighted by atomic mass is 16.5. The molecule has 0 radical (unpaired) electrons. The van der Waals surface area contributed by atoms with Gasteiger partial charge >= 0.3 is 6.03 Å². The first kappa shape index (κ1) is 15.8. The van der Waals surface area contributed by atoms with Crippen molar-refractivity contribution in [1.82, 2.24) is 10.6 Å². The van der Waals surface area contributed by atoms with Crippen LogP contribution < -0.4 is 21.1 Å². The van der Waals surface area contributed by atoms with E-state index < -0.39 is 12.1 Å². The van der Waals surface area contributed by atoms with Crippen LogP contribution in [0.5, 0.6) is 5.75 Å². The first-order valence-corrected chi connectivity index (χ1v) is 6.17. The third-order valence-corrected chi connectivity index (χ3v) is 2.42. The topological polar surface area (TPSA) is 120 Å². The molecule has 0 spiro atoms. The van der Waals surface area contributed by atoms with E-state index in [0.29, 0.717) is 30.9 Å². The number of aliphatic hydroxyl groups is 1. The van der Waals surface area contributed by atoms with Gasteiger partial charge in [0, 0.05) is 19.6 Å². The number of benzene rings is 1. The molecule has 0 fully saturated rings. The molecule has 20 heavy (non-hydrogen) atoms. The fourth-order valence-corrected chi connectivity index (χ4v) is 1.47. The Morgan fingerprint density at radius 1 is 1.45 bits per heavy atom. The molecule has 7 heteroatoms. The number of para-hydroxylation sites is 1. The van der Waals surface area contributed by atoms with Gasteiger partial charge < -0.3 is 26.2 Å². The smallest absolute Gasteiger partial charge is 0.312 e. The summed E-state index contributed by atoms with van der Waals surface area (Å²) >= 11 is 0. The van der Waals surface area contributed by atoms with Crippen LogP contribution >= 0.6 is 0 Å². The van der Waals surface area contributed by atoms with Crippen LogP contribution in [0.15, 0.2) is 24.3 Å². The van der Waals surface area contributed by atoms with E-state index in [1.54, 1.807) is 24.3 Å². The quantitative estimate of drug-likeness (QED) is 0.480. The maximum Gasteiger partial charge on any atom is 0.312 e. The van der Waals surface area contributed by atoms with Crippen LogP contribution in [0, 0.1) is 11.3 Å². The number of nitrogens with zero attached hydrogens (tertiary/aromatic N) is 1. The predicted molar refractivity (Wildman–Crippen MR) is 73.1 cm³/mol. The predicted octanol–water partition coefficient (Wildman–Crippen LogP) is -0.444. The first-order valence-electron chi connectivity index (χ1n) is 6.17. The molecule has 0 aliphatic rings. The van der Waals surface area contributed by atoms with E-state index in [1.165, 1.54) is 0 Å². The normalized spacial score (nSPS) is 11.4. The molecule has 1 aromatic rings. The number of carbonyl (C=O) groups is 1. The van der Waals surface area contributed by atoms with Gasteiger partial charge in [0.25, 0.3) is 0 Å². The summed E-state index contributed by atoms with van der Waals surface area (Å²) in [6.45, 7) is 1.28. The fourth-order valence-electron chi connectivity index (χ4n) is 1.47. The van der Waals surface area contributed by atoms with Gasteiger partial charge in [-0.05, 0) is 12.1 Å². The summed E-state index contributed by atoms with van der Waals surface area (Å²) < 4.78 is 5.38. The van der Waals surface area contributed by atoms with Crippen molar-refractivity contribution < 1.29 is 14.6 Å². The lowest BCUT2D eigenvalue weighted by atomic mass is 10.2. The van der Waals surface area contributed by atoms with Gasteiger partial charge in [-0.3, -0.25) is 0 Å². The molecule has 1 atom stereocenters. The molecule has 0 saturated carbocycles. The number of ether oxygens (including phenoxy) is 1. The number of nitrogens with one attached hydrogen (secondary N) is 2. The number of hydrogen-bond acceptors (Lipinski definition) is 5. The zero-order valence-electron chi connectivity index (χ0n) is 11.0. The highest BCUT2D eigenvalue weighted by Gasteiger charge is 2.07. The molecule has 0 bridgehead atoms. The van der Waals surface area contributed by atoms with Crippen molar-refractivity contribution in [3.05, 3.63) is 29.8 Å². The highest BCUT2D eigenvalue weighted by Crippen LogP contribution is 2.16. The number of amides is 2. The van der Waals surface area contributed by atoms with Crippen molar-refractivity contribution in [1.29, 1.82) is 5.26 Å². The Bertz CT molecular complexity index is 473. The molecule has 1 unspecified atom stereocenters. The van der Waals surface area contributed by atoms with Crippen molar-refractivity contribution in [3.63, 3.8) is 0 Å². The molecule has 7 nitrogen and oxygen atoms in total. The Balaban J connectivity index is 2.21. The maximum atomic E-state index is 10.4. The summed E-state index contributed by atoms with van der Waals surface area (Å²) in [5.41, 5.74) is 5.33. The zero-order valence-corrected chi connectivity index (χ0v) is 11.0. The number of hydrogen-bond donors (Lipinski definition) is 4. The van der Waals surface area contributed by atoms with Gasteiger partial charge in [-0.2, -0.15) is 5.26 Å². The number of rotatable bonds is 8. The average molecular weight is 278 g/mol. The van der Waals surface area contributed by atoms with Crippen LogP contribution in [-0.2, 0) is 0 Å². The number of aliphatic hydroxyl groups excluding tert-OH is 1. The van der Waals surface area contributed by atoms with E-state index in [2.05, 4.69) is 10.6 Å². The molecular weight excluding hydrogens is 260 g/mol. The van der Waals surface area contributed by atoms with Gasteiger partial charge in [0.2, 0.25) is 0 Å². The van der Waals surface area contributed by atoms with E-state index >= 15 is 0 Å². The summed E-state index contributed by atoms with van der Waals surface area (Å²) in [6.07, 6.45) is -0.713. The minimum absolute atomic E-state index is 0.0783. The van der Waals surface area contributed by atoms with Gasteiger partial charge in [0.05, 0.1) is 5.56 Å². The van der Waals surface area contributed by atoms with Crippen molar-refractivity contribution in [2.45, 2.75) is 6.10 Å². The van der Waals surface area contributed by atoms with Crippen LogP contribution in [0.25, 0.3) is 0 Å². The largest absolute Gasteiger partial charge is 0.489 e. The third-order valence-electron chi connectivity index (χ3n) is 2.42. The number of carbonyl (C=O) groups excluding carboxylic acids is 1. The minimum atomic E-state index is -0.713. The zero-order chi connectivity index (χ0) is 14.8. The lowest BCUT2D eigenvalue weighted by Gasteiger charge is -2.14. The summed E-state index contributed by atoms with van der Waals surface area (Å²) in [5, 5.41) is 23.9. The lowest BCUT2D eigenvalue weighted by Crippen LogP contribution is -2.38. The summed E-state index contributed by atoms with van der Waals surface area (Å²) in [5.74, 6) is 0.449. The first-order chi connectivity index (χ1) is 9.63. The molecule has 0 aliphatic heterocycles. The molecule has 1 aromatic carbocycles. The number of nitrogens with two attached hydrogens (primary N) is 1. The van der Waals surface area contributed by atoms with Crippen molar-refractivity contribution >= 4 is 6.03 Å². The van der Waals surface area contributed by atoms with E-state index in [9.17, 15) is 9.90 Å². The molecule has 1 rings (SSSR count). The Kier molecular flexibility index (Phi) is 6.89. The van der Waals surface area contributed by atoms with Gasteiger partial charge in [-0.15, -0.1) is 0 Å². The SMILES string of the molecule is N#Cc1ccccc1OCC(O)CNCCNC(N)=O. The molecular formula is C13H18N4O3. The molecule has 0 aromatic heterocycles. The summed E-state index contributed by atoms with van der Waals surface area (Å²) in [4.78, 5) is 10.4. The van der Waals surface area contributed by atoms with Gasteiger partial charge in [-0.1, -0.05) is 12.1 Å². The molecule has 0 aliphatic carbocycles. The second-order valence-corrected chi connectivity index (χ2v) is 4.07. The minimum Gasteiger partial charge on any atom is -0.489 e. The van der Waals surface area contributed by atoms with E-state index in [-0.39, 0.29) is 6.61 Å². The van der Waals surface area contributed by atoms with Crippen LogP contribution in [0.4, 0.5) is 4.79 Å². The highest BCUT2D eigenvalue weighted by molar-refractivity contribution is 5.71. The maximum absolute atomic E-state index is 10.4. The summed E-state index contributed by atoms with van der Waals surface area (Å²) in [6, 6.07) is 8.27. The standard InChI is InChI=1S/C13H18N4O3/c14-7-10-3-1-2-4-12(10)20-9-11(18)8-16-5-6-17-13(15)19/h1-4,11,16,18H,5-6,8-9H2,(H3,15,17,19). The summed E-state index contributed by atoms with van der Waals surface area (Å²) in [7, 11) is 0. The van der Waals surface area contributed by atoms with Gasteiger partial charge in [0.1, 0.15) is 24.5 Å². The molecule has 5 N–H and O–H groups in total. The van der Waals surface area contributed by atoms with Crippen molar-refractivity contribution in [2.24, 2.45) is 5.73 Å². The third kappa shape index (κ3) is 6.04. The Hall–Kier alpha value is -2.30. The van der Waals surface area contributed by atoms with Gasteiger partial charge in [-0.25, -0.2) is 4.79 Å². The van der Waals surface area contributed by atoms with E-state index in [1.807, 2.05) is 6.07 Å². The number of urea groups is 1. The Morgan fingerprint density at radius 3 is 2.90 bits per heavy atom. The van der Waals surface area contributed by atoms with Crippen LogP contribution in [0.2, 0.25) is 0 Å². The van der Waals surface area contributed by atoms with Gasteiger partial charge in [0.15, 0.2) is 0 Å². The molecule has 108 valence electrons. The van der Waals surface area contributed by atoms with E-state index in [4.69, 9.17) is 15.7 Å². The second kappa shape index (κ2) is 8.74. The molecule has 2 amide bonds. The second-order valence-electron chi connectivity index (χ2n) is 4.07. The average Bonchev–Trinajstić information content (AvgIpc) is 2.44. The molecule has 0 heterocycles. The monoisotopic (exact) mass is 278 g/mol. The Morgan fingerprint density at radius 2 is 2.20 bits per heavy atom. The number of nitriles is 1. The Labute approximate surface area is 117 Å². The van der Waals surface area contributed by atoms with Crippen LogP contribution in [-0.4, -0.2) is 43.5 Å². The van der Waals surface area contributed by atoms with Crippen LogP contribution in [0.3, 0.4) is 0 Å². The van der Waals surface area contributed by atoms with E-state index in [0.717, 1.165) is 0 Å². The number of primary amides is 1. The molecule has 0 saturated heterocycles.